The summed E-state index contributed by atoms with van der Waals surface area (Å²) in [5, 5.41) is 8.55. The first kappa shape index (κ1) is 8.77. The zero-order chi connectivity index (χ0) is 9.30. The van der Waals surface area contributed by atoms with Crippen molar-refractivity contribution < 1.29 is 19.4 Å². The number of aliphatic carboxylic acids is 1. The van der Waals surface area contributed by atoms with E-state index in [9.17, 15) is 9.59 Å². The summed E-state index contributed by atoms with van der Waals surface area (Å²) in [5.41, 5.74) is 0.800. The predicted octanol–water partition coefficient (Wildman–Crippen LogP) is 0.580. The summed E-state index contributed by atoms with van der Waals surface area (Å²) in [4.78, 5) is 21.4. The average Bonchev–Trinajstić information content (AvgIpc) is 2.62. The van der Waals surface area contributed by atoms with E-state index in [-0.39, 0.29) is 12.2 Å². The van der Waals surface area contributed by atoms with Crippen LogP contribution in [0.2, 0.25) is 0 Å². The van der Waals surface area contributed by atoms with Gasteiger partial charge in [-0.25, -0.2) is 4.79 Å². The van der Waals surface area contributed by atoms with Gasteiger partial charge in [0, 0.05) is 0 Å². The van der Waals surface area contributed by atoms with Crippen LogP contribution in [0.3, 0.4) is 0 Å². The number of carboxylic acid groups (broad SMARTS) is 1. The first-order valence-corrected chi connectivity index (χ1v) is 3.70. The SMILES string of the molecule is CCOC(=O)C1C(C)=C1C(=O)O. The van der Waals surface area contributed by atoms with Gasteiger partial charge in [0.25, 0.3) is 0 Å². The van der Waals surface area contributed by atoms with E-state index in [2.05, 4.69) is 4.74 Å². The molecular weight excluding hydrogens is 160 g/mol. The molecule has 0 fully saturated rings. The van der Waals surface area contributed by atoms with Gasteiger partial charge >= 0.3 is 11.9 Å². The molecule has 66 valence electrons. The Balaban J connectivity index is 2.53. The number of ether oxygens (including phenoxy) is 1. The van der Waals surface area contributed by atoms with E-state index < -0.39 is 17.9 Å². The van der Waals surface area contributed by atoms with Gasteiger partial charge in [0.05, 0.1) is 12.2 Å². The molecule has 1 unspecified atom stereocenters. The molecule has 0 aromatic heterocycles. The molecule has 1 aliphatic rings. The lowest BCUT2D eigenvalue weighted by molar-refractivity contribution is -0.145. The van der Waals surface area contributed by atoms with Crippen LogP contribution in [-0.4, -0.2) is 23.7 Å². The summed E-state index contributed by atoms with van der Waals surface area (Å²) in [6.07, 6.45) is 0. The topological polar surface area (TPSA) is 63.6 Å². The highest BCUT2D eigenvalue weighted by molar-refractivity contribution is 6.04. The molecule has 12 heavy (non-hydrogen) atoms. The van der Waals surface area contributed by atoms with Crippen LogP contribution in [0.4, 0.5) is 0 Å². The van der Waals surface area contributed by atoms with Gasteiger partial charge in [-0.2, -0.15) is 0 Å². The molecule has 0 aromatic carbocycles. The molecule has 0 saturated heterocycles. The Hall–Kier alpha value is -1.32. The average molecular weight is 170 g/mol. The molecular formula is C8H10O4. The Morgan fingerprint density at radius 3 is 2.50 bits per heavy atom. The lowest BCUT2D eigenvalue weighted by Gasteiger charge is -1.99. The molecule has 0 aliphatic heterocycles. The van der Waals surface area contributed by atoms with Gasteiger partial charge < -0.3 is 9.84 Å². The van der Waals surface area contributed by atoms with Crippen molar-refractivity contribution >= 4 is 11.9 Å². The largest absolute Gasteiger partial charge is 0.478 e. The number of hydrogen-bond donors (Lipinski definition) is 1. The van der Waals surface area contributed by atoms with Crippen LogP contribution < -0.4 is 0 Å². The molecule has 1 rings (SSSR count). The van der Waals surface area contributed by atoms with Gasteiger partial charge in [-0.15, -0.1) is 0 Å². The van der Waals surface area contributed by atoms with E-state index in [0.29, 0.717) is 5.57 Å². The molecule has 0 aromatic rings. The van der Waals surface area contributed by atoms with Crippen molar-refractivity contribution in [3.8, 4) is 0 Å². The second kappa shape index (κ2) is 2.97. The minimum atomic E-state index is -1.02. The van der Waals surface area contributed by atoms with Gasteiger partial charge in [0.1, 0.15) is 5.92 Å². The van der Waals surface area contributed by atoms with Crippen LogP contribution in [0, 0.1) is 5.92 Å². The Kier molecular flexibility index (Phi) is 2.17. The minimum absolute atomic E-state index is 0.188. The molecule has 0 radical (unpaired) electrons. The second-order valence-electron chi connectivity index (χ2n) is 2.59. The molecule has 0 heterocycles. The van der Waals surface area contributed by atoms with Crippen molar-refractivity contribution in [3.63, 3.8) is 0 Å². The number of carbonyl (C=O) groups is 2. The van der Waals surface area contributed by atoms with Crippen LogP contribution in [0.25, 0.3) is 0 Å². The van der Waals surface area contributed by atoms with Gasteiger partial charge in [0.15, 0.2) is 0 Å². The lowest BCUT2D eigenvalue weighted by atomic mass is 10.2. The summed E-state index contributed by atoms with van der Waals surface area (Å²) >= 11 is 0. The monoisotopic (exact) mass is 170 g/mol. The molecule has 0 bridgehead atoms. The minimum Gasteiger partial charge on any atom is -0.478 e. The molecule has 0 amide bonds. The maximum Gasteiger partial charge on any atom is 0.332 e. The fourth-order valence-corrected chi connectivity index (χ4v) is 1.14. The van der Waals surface area contributed by atoms with Crippen molar-refractivity contribution in [2.45, 2.75) is 13.8 Å². The first-order chi connectivity index (χ1) is 5.59. The Morgan fingerprint density at radius 2 is 2.17 bits per heavy atom. The number of carbonyl (C=O) groups excluding carboxylic acids is 1. The van der Waals surface area contributed by atoms with Gasteiger partial charge in [-0.3, -0.25) is 4.79 Å². The Bertz CT molecular complexity index is 264. The zero-order valence-electron chi connectivity index (χ0n) is 6.96. The Labute approximate surface area is 69.8 Å². The first-order valence-electron chi connectivity index (χ1n) is 3.70. The van der Waals surface area contributed by atoms with Crippen LogP contribution >= 0.6 is 0 Å². The van der Waals surface area contributed by atoms with Crippen molar-refractivity contribution in [2.75, 3.05) is 6.61 Å². The molecule has 4 heteroatoms. The van der Waals surface area contributed by atoms with Crippen LogP contribution in [0.1, 0.15) is 13.8 Å². The highest BCUT2D eigenvalue weighted by Crippen LogP contribution is 2.39. The quantitative estimate of drug-likeness (QED) is 0.629. The highest BCUT2D eigenvalue weighted by atomic mass is 16.5. The summed E-state index contributed by atoms with van der Waals surface area (Å²) < 4.78 is 4.67. The van der Waals surface area contributed by atoms with Gasteiger partial charge in [-0.1, -0.05) is 0 Å². The van der Waals surface area contributed by atoms with E-state index in [0.717, 1.165) is 0 Å². The Morgan fingerprint density at radius 1 is 1.58 bits per heavy atom. The third kappa shape index (κ3) is 1.32. The third-order valence-electron chi connectivity index (χ3n) is 1.82. The third-order valence-corrected chi connectivity index (χ3v) is 1.82. The van der Waals surface area contributed by atoms with Crippen molar-refractivity contribution in [2.24, 2.45) is 5.92 Å². The fourth-order valence-electron chi connectivity index (χ4n) is 1.14. The van der Waals surface area contributed by atoms with E-state index >= 15 is 0 Å². The van der Waals surface area contributed by atoms with Gasteiger partial charge in [-0.05, 0) is 19.4 Å². The number of carboxylic acids is 1. The fraction of sp³-hybridized carbons (Fsp3) is 0.500. The van der Waals surface area contributed by atoms with Crippen LogP contribution in [0.15, 0.2) is 11.1 Å². The highest BCUT2D eigenvalue weighted by Gasteiger charge is 2.44. The maximum absolute atomic E-state index is 11.0. The molecule has 1 N–H and O–H groups in total. The maximum atomic E-state index is 11.0. The molecule has 0 spiro atoms. The van der Waals surface area contributed by atoms with E-state index in [4.69, 9.17) is 5.11 Å². The summed E-state index contributed by atoms with van der Waals surface area (Å²) in [6.45, 7) is 3.61. The number of hydrogen-bond acceptors (Lipinski definition) is 3. The molecule has 0 saturated carbocycles. The summed E-state index contributed by atoms with van der Waals surface area (Å²) in [7, 11) is 0. The molecule has 1 atom stereocenters. The smallest absolute Gasteiger partial charge is 0.332 e. The predicted molar refractivity (Wildman–Crippen MR) is 40.5 cm³/mol. The van der Waals surface area contributed by atoms with Crippen molar-refractivity contribution in [1.82, 2.24) is 0 Å². The summed E-state index contributed by atoms with van der Waals surface area (Å²) in [5.74, 6) is -2.06. The number of rotatable bonds is 3. The zero-order valence-corrected chi connectivity index (χ0v) is 6.96. The number of esters is 1. The van der Waals surface area contributed by atoms with Crippen LogP contribution in [-0.2, 0) is 14.3 Å². The van der Waals surface area contributed by atoms with E-state index in [1.165, 1.54) is 0 Å². The van der Waals surface area contributed by atoms with Gasteiger partial charge in [0.2, 0.25) is 0 Å². The molecule has 1 aliphatic carbocycles. The van der Waals surface area contributed by atoms with Crippen LogP contribution in [0.5, 0.6) is 0 Å². The standard InChI is InChI=1S/C8H10O4/c1-3-12-8(11)6-4(2)5(6)7(9)10/h6H,3H2,1-2H3,(H,9,10). The van der Waals surface area contributed by atoms with E-state index in [1.807, 2.05) is 0 Å². The van der Waals surface area contributed by atoms with Crippen molar-refractivity contribution in [1.29, 1.82) is 0 Å². The molecule has 4 nitrogen and oxygen atoms in total. The second-order valence-corrected chi connectivity index (χ2v) is 2.59. The summed E-state index contributed by atoms with van der Waals surface area (Å²) in [6, 6.07) is 0. The lowest BCUT2D eigenvalue weighted by Crippen LogP contribution is -2.11. The van der Waals surface area contributed by atoms with E-state index in [1.54, 1.807) is 13.8 Å². The van der Waals surface area contributed by atoms with Crippen molar-refractivity contribution in [3.05, 3.63) is 11.1 Å². The normalized spacial score (nSPS) is 20.7.